The third kappa shape index (κ3) is 4.13. The van der Waals surface area contributed by atoms with Crippen LogP contribution >= 0.6 is 0 Å². The number of carboxylic acids is 1. The minimum Gasteiger partial charge on any atom is -0.480 e. The molecule has 1 N–H and O–H groups in total. The maximum absolute atomic E-state index is 10.4. The van der Waals surface area contributed by atoms with Crippen molar-refractivity contribution >= 4 is 5.97 Å². The average molecular weight is 249 g/mol. The molecule has 1 aromatic carbocycles. The van der Waals surface area contributed by atoms with Gasteiger partial charge in [-0.25, -0.2) is 4.79 Å². The van der Waals surface area contributed by atoms with Crippen LogP contribution < -0.4 is 0 Å². The van der Waals surface area contributed by atoms with Crippen molar-refractivity contribution in [1.82, 2.24) is 4.90 Å². The highest BCUT2D eigenvalue weighted by atomic mass is 16.5. The van der Waals surface area contributed by atoms with Gasteiger partial charge in [0.2, 0.25) is 0 Å². The summed E-state index contributed by atoms with van der Waals surface area (Å²) in [6.07, 6.45) is 1.94. The van der Waals surface area contributed by atoms with Crippen LogP contribution in [0.1, 0.15) is 18.4 Å². The number of nitrogens with zero attached hydrogens (tertiary/aromatic N) is 1. The molecule has 0 radical (unpaired) electrons. The smallest absolute Gasteiger partial charge is 0.329 e. The Morgan fingerprint density at radius 2 is 1.94 bits per heavy atom. The number of benzene rings is 1. The van der Waals surface area contributed by atoms with Crippen LogP contribution in [0.4, 0.5) is 0 Å². The molecule has 0 amide bonds. The molecule has 2 rings (SSSR count). The Kier molecular flexibility index (Phi) is 4.73. The van der Waals surface area contributed by atoms with E-state index in [0.29, 0.717) is 0 Å². The molecule has 0 atom stereocenters. The van der Waals surface area contributed by atoms with E-state index in [1.807, 2.05) is 6.07 Å². The summed E-state index contributed by atoms with van der Waals surface area (Å²) in [6.45, 7) is 2.73. The van der Waals surface area contributed by atoms with Gasteiger partial charge >= 0.3 is 5.97 Å². The number of rotatable bonds is 5. The molecule has 1 aromatic rings. The van der Waals surface area contributed by atoms with Gasteiger partial charge in [-0.1, -0.05) is 30.3 Å². The lowest BCUT2D eigenvalue weighted by molar-refractivity contribution is -0.145. The van der Waals surface area contributed by atoms with Crippen LogP contribution in [0.25, 0.3) is 0 Å². The Bertz CT molecular complexity index is 372. The molecule has 18 heavy (non-hydrogen) atoms. The second kappa shape index (κ2) is 6.52. The monoisotopic (exact) mass is 249 g/mol. The molecule has 0 bridgehead atoms. The molecule has 1 saturated heterocycles. The first-order valence-corrected chi connectivity index (χ1v) is 6.34. The predicted molar refractivity (Wildman–Crippen MR) is 68.3 cm³/mol. The Balaban J connectivity index is 1.72. The van der Waals surface area contributed by atoms with Gasteiger partial charge in [0.05, 0.1) is 6.10 Å². The second-order valence-electron chi connectivity index (χ2n) is 4.67. The lowest BCUT2D eigenvalue weighted by Gasteiger charge is -2.31. The molecule has 0 spiro atoms. The molecule has 0 unspecified atom stereocenters. The fourth-order valence-corrected chi connectivity index (χ4v) is 2.26. The molecule has 1 heterocycles. The molecule has 1 aliphatic rings. The van der Waals surface area contributed by atoms with E-state index in [9.17, 15) is 4.79 Å². The van der Waals surface area contributed by atoms with E-state index >= 15 is 0 Å². The van der Waals surface area contributed by atoms with Crippen molar-refractivity contribution in [3.8, 4) is 0 Å². The third-order valence-corrected chi connectivity index (χ3v) is 3.23. The molecule has 1 aliphatic heterocycles. The number of ether oxygens (including phenoxy) is 1. The first-order chi connectivity index (χ1) is 8.74. The number of aliphatic carboxylic acids is 1. The van der Waals surface area contributed by atoms with Gasteiger partial charge in [-0.05, 0) is 18.4 Å². The molecule has 1 fully saturated rings. The van der Waals surface area contributed by atoms with E-state index in [0.717, 1.165) is 32.5 Å². The number of carboxylic acid groups (broad SMARTS) is 1. The van der Waals surface area contributed by atoms with Crippen molar-refractivity contribution in [2.24, 2.45) is 0 Å². The Hall–Kier alpha value is -1.39. The van der Waals surface area contributed by atoms with Crippen LogP contribution in [0, 0.1) is 0 Å². The number of piperidine rings is 1. The van der Waals surface area contributed by atoms with Gasteiger partial charge in [0.1, 0.15) is 6.61 Å². The highest BCUT2D eigenvalue weighted by molar-refractivity contribution is 5.68. The number of hydrogen-bond donors (Lipinski definition) is 1. The molecule has 0 aromatic heterocycles. The summed E-state index contributed by atoms with van der Waals surface area (Å²) in [6, 6.07) is 10.4. The predicted octanol–water partition coefficient (Wildman–Crippen LogP) is 1.75. The van der Waals surface area contributed by atoms with Crippen LogP contribution in [0.5, 0.6) is 0 Å². The molecule has 0 aliphatic carbocycles. The summed E-state index contributed by atoms with van der Waals surface area (Å²) in [5, 5.41) is 8.56. The van der Waals surface area contributed by atoms with Gasteiger partial charge in [0.15, 0.2) is 0 Å². The zero-order chi connectivity index (χ0) is 12.8. The second-order valence-corrected chi connectivity index (χ2v) is 4.67. The zero-order valence-corrected chi connectivity index (χ0v) is 10.4. The summed E-state index contributed by atoms with van der Waals surface area (Å²) >= 11 is 0. The lowest BCUT2D eigenvalue weighted by atomic mass is 10.1. The van der Waals surface area contributed by atoms with Crippen molar-refractivity contribution in [2.45, 2.75) is 25.5 Å². The van der Waals surface area contributed by atoms with Crippen molar-refractivity contribution in [3.63, 3.8) is 0 Å². The highest BCUT2D eigenvalue weighted by Gasteiger charge is 2.20. The maximum Gasteiger partial charge on any atom is 0.329 e. The normalized spacial score (nSPS) is 17.8. The standard InChI is InChI=1S/C14H19NO3/c16-14(17)11-18-13-6-8-15(9-7-13)10-12-4-2-1-3-5-12/h1-5,13H,6-11H2,(H,16,17). The summed E-state index contributed by atoms with van der Waals surface area (Å²) in [4.78, 5) is 12.8. The van der Waals surface area contributed by atoms with E-state index in [-0.39, 0.29) is 12.7 Å². The fourth-order valence-electron chi connectivity index (χ4n) is 2.26. The van der Waals surface area contributed by atoms with Crippen LogP contribution in [0.2, 0.25) is 0 Å². The molecular formula is C14H19NO3. The molecule has 0 saturated carbocycles. The Morgan fingerprint density at radius 3 is 2.56 bits per heavy atom. The minimum atomic E-state index is -0.887. The third-order valence-electron chi connectivity index (χ3n) is 3.23. The molecule has 98 valence electrons. The number of hydrogen-bond acceptors (Lipinski definition) is 3. The largest absolute Gasteiger partial charge is 0.480 e. The first kappa shape index (κ1) is 13.1. The van der Waals surface area contributed by atoms with Gasteiger partial charge in [0.25, 0.3) is 0 Å². The summed E-state index contributed by atoms with van der Waals surface area (Å²) in [5.74, 6) is -0.887. The van der Waals surface area contributed by atoms with Gasteiger partial charge < -0.3 is 9.84 Å². The van der Waals surface area contributed by atoms with Crippen LogP contribution in [-0.2, 0) is 16.1 Å². The Morgan fingerprint density at radius 1 is 1.28 bits per heavy atom. The summed E-state index contributed by atoms with van der Waals surface area (Å²) < 4.78 is 5.32. The van der Waals surface area contributed by atoms with E-state index in [1.54, 1.807) is 0 Å². The topological polar surface area (TPSA) is 49.8 Å². The number of carbonyl (C=O) groups is 1. The summed E-state index contributed by atoms with van der Waals surface area (Å²) in [7, 11) is 0. The van der Waals surface area contributed by atoms with Crippen LogP contribution in [0.15, 0.2) is 30.3 Å². The average Bonchev–Trinajstić information content (AvgIpc) is 2.39. The zero-order valence-electron chi connectivity index (χ0n) is 10.4. The van der Waals surface area contributed by atoms with Crippen molar-refractivity contribution in [2.75, 3.05) is 19.7 Å². The SMILES string of the molecule is O=C(O)COC1CCN(Cc2ccccc2)CC1. The van der Waals surface area contributed by atoms with E-state index in [1.165, 1.54) is 5.56 Å². The van der Waals surface area contributed by atoms with Gasteiger partial charge in [0, 0.05) is 19.6 Å². The van der Waals surface area contributed by atoms with Crippen LogP contribution in [-0.4, -0.2) is 41.8 Å². The minimum absolute atomic E-state index is 0.105. The van der Waals surface area contributed by atoms with Gasteiger partial charge in [-0.2, -0.15) is 0 Å². The molecule has 4 nitrogen and oxygen atoms in total. The Labute approximate surface area is 107 Å². The van der Waals surface area contributed by atoms with Crippen LogP contribution in [0.3, 0.4) is 0 Å². The first-order valence-electron chi connectivity index (χ1n) is 6.34. The molecular weight excluding hydrogens is 230 g/mol. The van der Waals surface area contributed by atoms with Crippen molar-refractivity contribution < 1.29 is 14.6 Å². The maximum atomic E-state index is 10.4. The summed E-state index contributed by atoms with van der Waals surface area (Å²) in [5.41, 5.74) is 1.32. The van der Waals surface area contributed by atoms with Crippen molar-refractivity contribution in [1.29, 1.82) is 0 Å². The van der Waals surface area contributed by atoms with Gasteiger partial charge in [-0.3, -0.25) is 4.90 Å². The quantitative estimate of drug-likeness (QED) is 0.863. The molecule has 4 heteroatoms. The van der Waals surface area contributed by atoms with E-state index in [4.69, 9.17) is 9.84 Å². The fraction of sp³-hybridized carbons (Fsp3) is 0.500. The van der Waals surface area contributed by atoms with Crippen molar-refractivity contribution in [3.05, 3.63) is 35.9 Å². The van der Waals surface area contributed by atoms with Gasteiger partial charge in [-0.15, -0.1) is 0 Å². The number of likely N-dealkylation sites (tertiary alicyclic amines) is 1. The van der Waals surface area contributed by atoms with E-state index < -0.39 is 5.97 Å². The highest BCUT2D eigenvalue weighted by Crippen LogP contribution is 2.16. The lowest BCUT2D eigenvalue weighted by Crippen LogP contribution is -2.37. The van der Waals surface area contributed by atoms with E-state index in [2.05, 4.69) is 29.2 Å².